The number of aliphatic hydroxyl groups is 1. The largest absolute Gasteiger partial charge is 0.396 e. The minimum absolute atomic E-state index is 0.140. The summed E-state index contributed by atoms with van der Waals surface area (Å²) in [5.41, 5.74) is 6.56. The highest BCUT2D eigenvalue weighted by Crippen LogP contribution is 2.39. The van der Waals surface area contributed by atoms with Crippen LogP contribution in [0.15, 0.2) is 30.3 Å². The molecular formula is C17H21N3O2. The number of aliphatic hydroxyl groups excluding tert-OH is 1. The van der Waals surface area contributed by atoms with Gasteiger partial charge in [0, 0.05) is 16.8 Å². The molecule has 1 aliphatic carbocycles. The van der Waals surface area contributed by atoms with Gasteiger partial charge in [0.1, 0.15) is 5.82 Å². The van der Waals surface area contributed by atoms with Crippen LogP contribution in [-0.4, -0.2) is 28.6 Å². The van der Waals surface area contributed by atoms with Gasteiger partial charge in [0.15, 0.2) is 0 Å². The highest BCUT2D eigenvalue weighted by Gasteiger charge is 2.38. The molecule has 2 atom stereocenters. The number of nitrogens with two attached hydrogens (primary N) is 1. The molecule has 1 aromatic carbocycles. The van der Waals surface area contributed by atoms with Crippen LogP contribution < -0.4 is 11.1 Å². The van der Waals surface area contributed by atoms with Crippen molar-refractivity contribution in [2.45, 2.75) is 32.2 Å². The molecular weight excluding hydrogens is 278 g/mol. The van der Waals surface area contributed by atoms with Gasteiger partial charge in [-0.15, -0.1) is 0 Å². The molecule has 1 fully saturated rings. The number of primary amides is 1. The summed E-state index contributed by atoms with van der Waals surface area (Å²) in [6.45, 7) is 2.22. The summed E-state index contributed by atoms with van der Waals surface area (Å²) in [5.74, 6) is 0.178. The van der Waals surface area contributed by atoms with Gasteiger partial charge in [-0.25, -0.2) is 4.98 Å². The van der Waals surface area contributed by atoms with Crippen LogP contribution in [0.1, 0.15) is 36.5 Å². The van der Waals surface area contributed by atoms with Crippen molar-refractivity contribution in [1.82, 2.24) is 4.98 Å². The number of hydrogen-bond acceptors (Lipinski definition) is 4. The van der Waals surface area contributed by atoms with E-state index in [1.54, 1.807) is 6.07 Å². The molecule has 3 rings (SSSR count). The Balaban J connectivity index is 1.99. The monoisotopic (exact) mass is 299 g/mol. The van der Waals surface area contributed by atoms with E-state index in [9.17, 15) is 9.90 Å². The van der Waals surface area contributed by atoms with Gasteiger partial charge in [-0.1, -0.05) is 31.5 Å². The van der Waals surface area contributed by atoms with Crippen molar-refractivity contribution in [3.05, 3.63) is 35.9 Å². The summed E-state index contributed by atoms with van der Waals surface area (Å²) in [6, 6.07) is 9.32. The Morgan fingerprint density at radius 1 is 1.50 bits per heavy atom. The minimum Gasteiger partial charge on any atom is -0.396 e. The fraction of sp³-hybridized carbons (Fsp3) is 0.412. The van der Waals surface area contributed by atoms with Gasteiger partial charge in [0.2, 0.25) is 5.91 Å². The van der Waals surface area contributed by atoms with Gasteiger partial charge in [-0.3, -0.25) is 4.79 Å². The molecule has 4 N–H and O–H groups in total. The first-order chi connectivity index (χ1) is 10.5. The lowest BCUT2D eigenvalue weighted by atomic mass is 9.86. The summed E-state index contributed by atoms with van der Waals surface area (Å²) < 4.78 is 0. The normalized spacial score (nSPS) is 24.5. The molecule has 116 valence electrons. The predicted molar refractivity (Wildman–Crippen MR) is 86.7 cm³/mol. The first-order valence-corrected chi connectivity index (χ1v) is 7.60. The van der Waals surface area contributed by atoms with Crippen molar-refractivity contribution in [2.75, 3.05) is 11.9 Å². The Hall–Kier alpha value is -2.14. The molecule has 1 saturated carbocycles. The summed E-state index contributed by atoms with van der Waals surface area (Å²) in [5, 5.41) is 13.8. The van der Waals surface area contributed by atoms with Gasteiger partial charge in [0.25, 0.3) is 0 Å². The zero-order valence-corrected chi connectivity index (χ0v) is 12.7. The molecule has 0 radical (unpaired) electrons. The SMILES string of the molecule is C[C@]1(CO)CCC[C@H]1Nc1cc(C(N)=O)c2ccccc2n1. The van der Waals surface area contributed by atoms with Crippen LogP contribution in [-0.2, 0) is 0 Å². The molecule has 1 aliphatic rings. The van der Waals surface area contributed by atoms with E-state index in [-0.39, 0.29) is 18.1 Å². The van der Waals surface area contributed by atoms with E-state index >= 15 is 0 Å². The summed E-state index contributed by atoms with van der Waals surface area (Å²) in [4.78, 5) is 16.3. The van der Waals surface area contributed by atoms with Crippen molar-refractivity contribution in [2.24, 2.45) is 11.1 Å². The third kappa shape index (κ3) is 2.52. The van der Waals surface area contributed by atoms with E-state index in [0.717, 1.165) is 30.2 Å². The second kappa shape index (κ2) is 5.57. The van der Waals surface area contributed by atoms with E-state index < -0.39 is 5.91 Å². The van der Waals surface area contributed by atoms with Gasteiger partial charge < -0.3 is 16.2 Å². The van der Waals surface area contributed by atoms with Crippen LogP contribution >= 0.6 is 0 Å². The number of hydrogen-bond donors (Lipinski definition) is 3. The molecule has 0 bridgehead atoms. The lowest BCUT2D eigenvalue weighted by molar-refractivity contribution is 0.100. The topological polar surface area (TPSA) is 88.2 Å². The first kappa shape index (κ1) is 14.8. The Labute approximate surface area is 129 Å². The number of fused-ring (bicyclic) bond motifs is 1. The average Bonchev–Trinajstić information content (AvgIpc) is 2.88. The van der Waals surface area contributed by atoms with Gasteiger partial charge in [-0.05, 0) is 25.0 Å². The minimum atomic E-state index is -0.460. The maximum atomic E-state index is 11.7. The van der Waals surface area contributed by atoms with Crippen molar-refractivity contribution in [3.8, 4) is 0 Å². The van der Waals surface area contributed by atoms with Crippen LogP contribution in [0, 0.1) is 5.41 Å². The summed E-state index contributed by atoms with van der Waals surface area (Å²) in [7, 11) is 0. The van der Waals surface area contributed by atoms with Gasteiger partial charge >= 0.3 is 0 Å². The highest BCUT2D eigenvalue weighted by molar-refractivity contribution is 6.06. The van der Waals surface area contributed by atoms with Crippen LogP contribution in [0.25, 0.3) is 10.9 Å². The van der Waals surface area contributed by atoms with Crippen molar-refractivity contribution in [3.63, 3.8) is 0 Å². The Kier molecular flexibility index (Phi) is 3.74. The third-order valence-corrected chi connectivity index (χ3v) is 4.75. The van der Waals surface area contributed by atoms with E-state index in [1.165, 1.54) is 0 Å². The van der Waals surface area contributed by atoms with Crippen molar-refractivity contribution >= 4 is 22.6 Å². The Morgan fingerprint density at radius 3 is 3.00 bits per heavy atom. The molecule has 0 unspecified atom stereocenters. The van der Waals surface area contributed by atoms with Crippen molar-refractivity contribution in [1.29, 1.82) is 0 Å². The maximum absolute atomic E-state index is 11.7. The molecule has 1 aromatic heterocycles. The van der Waals surface area contributed by atoms with Crippen molar-refractivity contribution < 1.29 is 9.90 Å². The molecule has 0 spiro atoms. The number of amides is 1. The van der Waals surface area contributed by atoms with Crippen LogP contribution in [0.4, 0.5) is 5.82 Å². The number of para-hydroxylation sites is 1. The molecule has 2 aromatic rings. The van der Waals surface area contributed by atoms with E-state index in [4.69, 9.17) is 5.73 Å². The van der Waals surface area contributed by atoms with E-state index in [2.05, 4.69) is 17.2 Å². The average molecular weight is 299 g/mol. The van der Waals surface area contributed by atoms with Crippen LogP contribution in [0.3, 0.4) is 0 Å². The fourth-order valence-electron chi connectivity index (χ4n) is 3.30. The number of anilines is 1. The standard InChI is InChI=1S/C17H21N3O2/c1-17(10-21)8-4-7-14(17)20-15-9-12(16(18)22)11-5-2-3-6-13(11)19-15/h2-3,5-6,9,14,21H,4,7-8,10H2,1H3,(H2,18,22)(H,19,20)/t14-,17-/m1/s1. The second-order valence-electron chi connectivity index (χ2n) is 6.34. The fourth-order valence-corrected chi connectivity index (χ4v) is 3.30. The summed E-state index contributed by atoms with van der Waals surface area (Å²) >= 11 is 0. The Bertz CT molecular complexity index is 716. The zero-order valence-electron chi connectivity index (χ0n) is 12.7. The summed E-state index contributed by atoms with van der Waals surface area (Å²) in [6.07, 6.45) is 3.04. The highest BCUT2D eigenvalue weighted by atomic mass is 16.3. The lowest BCUT2D eigenvalue weighted by Crippen LogP contribution is -2.36. The number of pyridine rings is 1. The molecule has 22 heavy (non-hydrogen) atoms. The van der Waals surface area contributed by atoms with Gasteiger partial charge in [0.05, 0.1) is 17.7 Å². The zero-order chi connectivity index (χ0) is 15.7. The first-order valence-electron chi connectivity index (χ1n) is 7.60. The van der Waals surface area contributed by atoms with E-state index in [1.807, 2.05) is 24.3 Å². The molecule has 5 nitrogen and oxygen atoms in total. The Morgan fingerprint density at radius 2 is 2.27 bits per heavy atom. The van der Waals surface area contributed by atoms with Crippen LogP contribution in [0.5, 0.6) is 0 Å². The number of rotatable bonds is 4. The molecule has 0 aliphatic heterocycles. The lowest BCUT2D eigenvalue weighted by Gasteiger charge is -2.30. The second-order valence-corrected chi connectivity index (χ2v) is 6.34. The number of carbonyl (C=O) groups is 1. The number of benzene rings is 1. The van der Waals surface area contributed by atoms with Gasteiger partial charge in [-0.2, -0.15) is 0 Å². The predicted octanol–water partition coefficient (Wildman–Crippen LogP) is 2.30. The van der Waals surface area contributed by atoms with Crippen LogP contribution in [0.2, 0.25) is 0 Å². The van der Waals surface area contributed by atoms with E-state index in [0.29, 0.717) is 11.4 Å². The molecule has 5 heteroatoms. The smallest absolute Gasteiger partial charge is 0.249 e. The maximum Gasteiger partial charge on any atom is 0.249 e. The number of nitrogens with zero attached hydrogens (tertiary/aromatic N) is 1. The number of nitrogens with one attached hydrogen (secondary N) is 1. The number of aromatic nitrogens is 1. The quantitative estimate of drug-likeness (QED) is 0.808. The number of carbonyl (C=O) groups excluding carboxylic acids is 1. The molecule has 0 saturated heterocycles. The third-order valence-electron chi connectivity index (χ3n) is 4.75. The molecule has 1 amide bonds. The molecule has 1 heterocycles.